The molecule has 0 spiro atoms. The summed E-state index contributed by atoms with van der Waals surface area (Å²) in [6.07, 6.45) is 4.91. The molecule has 2 aromatic heterocycles. The highest BCUT2D eigenvalue weighted by atomic mass is 79.9. The SMILES string of the molecule is COc1ccc(Br)cc1C=NNC(=O)CSc1nnc(-c2ccncc2)n1-c1ccc(Cl)cc1. The van der Waals surface area contributed by atoms with E-state index in [-0.39, 0.29) is 11.7 Å². The minimum atomic E-state index is -0.286. The van der Waals surface area contributed by atoms with Crippen LogP contribution in [0.15, 0.2) is 81.7 Å². The van der Waals surface area contributed by atoms with Gasteiger partial charge in [0.05, 0.1) is 19.1 Å². The zero-order valence-electron chi connectivity index (χ0n) is 17.9. The molecule has 2 heterocycles. The topological polar surface area (TPSA) is 94.3 Å². The number of carbonyl (C=O) groups is 1. The summed E-state index contributed by atoms with van der Waals surface area (Å²) < 4.78 is 8.06. The maximum Gasteiger partial charge on any atom is 0.250 e. The van der Waals surface area contributed by atoms with Crippen molar-refractivity contribution < 1.29 is 9.53 Å². The molecule has 0 unspecified atom stereocenters. The predicted octanol–water partition coefficient (Wildman–Crippen LogP) is 5.00. The summed E-state index contributed by atoms with van der Waals surface area (Å²) in [5.74, 6) is 1.09. The van der Waals surface area contributed by atoms with Crippen molar-refractivity contribution in [3.8, 4) is 22.8 Å². The minimum Gasteiger partial charge on any atom is -0.496 e. The van der Waals surface area contributed by atoms with Crippen molar-refractivity contribution >= 4 is 51.4 Å². The van der Waals surface area contributed by atoms with Crippen LogP contribution in [0.1, 0.15) is 5.56 Å². The summed E-state index contributed by atoms with van der Waals surface area (Å²) in [6.45, 7) is 0. The summed E-state index contributed by atoms with van der Waals surface area (Å²) in [4.78, 5) is 16.5. The van der Waals surface area contributed by atoms with Gasteiger partial charge in [0.1, 0.15) is 5.75 Å². The number of hydrazone groups is 1. The fraction of sp³-hybridized carbons (Fsp3) is 0.0870. The lowest BCUT2D eigenvalue weighted by molar-refractivity contribution is -0.118. The number of carbonyl (C=O) groups excluding carboxylic acids is 1. The summed E-state index contributed by atoms with van der Waals surface area (Å²) in [5.41, 5.74) is 4.94. The van der Waals surface area contributed by atoms with Gasteiger partial charge in [-0.2, -0.15) is 5.10 Å². The van der Waals surface area contributed by atoms with Gasteiger partial charge >= 0.3 is 0 Å². The number of hydrogen-bond acceptors (Lipinski definition) is 7. The number of hydrogen-bond donors (Lipinski definition) is 1. The van der Waals surface area contributed by atoms with Gasteiger partial charge in [0.2, 0.25) is 0 Å². The van der Waals surface area contributed by atoms with E-state index >= 15 is 0 Å². The van der Waals surface area contributed by atoms with Crippen molar-refractivity contribution in [1.82, 2.24) is 25.2 Å². The number of thioether (sulfide) groups is 1. The fourth-order valence-electron chi connectivity index (χ4n) is 3.02. The lowest BCUT2D eigenvalue weighted by atomic mass is 10.2. The molecule has 8 nitrogen and oxygen atoms in total. The van der Waals surface area contributed by atoms with Gasteiger partial charge in [-0.1, -0.05) is 39.3 Å². The van der Waals surface area contributed by atoms with Crippen LogP contribution < -0.4 is 10.2 Å². The number of pyridine rings is 1. The molecule has 0 radical (unpaired) electrons. The monoisotopic (exact) mass is 556 g/mol. The number of aromatic nitrogens is 4. The lowest BCUT2D eigenvalue weighted by Crippen LogP contribution is -2.20. The van der Waals surface area contributed by atoms with Gasteiger partial charge in [0.25, 0.3) is 5.91 Å². The fourth-order valence-corrected chi connectivity index (χ4v) is 4.27. The average molecular weight is 558 g/mol. The molecule has 4 aromatic rings. The number of rotatable bonds is 8. The zero-order valence-corrected chi connectivity index (χ0v) is 21.0. The largest absolute Gasteiger partial charge is 0.496 e. The summed E-state index contributed by atoms with van der Waals surface area (Å²) in [6, 6.07) is 16.5. The molecule has 1 N–H and O–H groups in total. The van der Waals surface area contributed by atoms with Crippen LogP contribution in [0.2, 0.25) is 5.02 Å². The highest BCUT2D eigenvalue weighted by Crippen LogP contribution is 2.28. The van der Waals surface area contributed by atoms with E-state index in [1.807, 2.05) is 47.0 Å². The third-order valence-electron chi connectivity index (χ3n) is 4.57. The third kappa shape index (κ3) is 5.82. The molecule has 1 amide bonds. The molecule has 0 aliphatic rings. The minimum absolute atomic E-state index is 0.0923. The van der Waals surface area contributed by atoms with Gasteiger partial charge in [-0.3, -0.25) is 14.3 Å². The highest BCUT2D eigenvalue weighted by molar-refractivity contribution is 9.10. The number of nitrogens with one attached hydrogen (secondary N) is 1. The molecule has 0 aliphatic carbocycles. The second-order valence-electron chi connectivity index (χ2n) is 6.82. The Balaban J connectivity index is 1.50. The molecule has 2 aromatic carbocycles. The molecule has 0 bridgehead atoms. The maximum atomic E-state index is 12.4. The quantitative estimate of drug-likeness (QED) is 0.186. The second kappa shape index (κ2) is 11.3. The van der Waals surface area contributed by atoms with Gasteiger partial charge in [-0.25, -0.2) is 5.43 Å². The van der Waals surface area contributed by atoms with Crippen molar-refractivity contribution in [2.24, 2.45) is 5.10 Å². The van der Waals surface area contributed by atoms with Crippen LogP contribution in [0.25, 0.3) is 17.1 Å². The highest BCUT2D eigenvalue weighted by Gasteiger charge is 2.17. The predicted molar refractivity (Wildman–Crippen MR) is 137 cm³/mol. The molecule has 0 aliphatic heterocycles. The van der Waals surface area contributed by atoms with Crippen LogP contribution in [0.4, 0.5) is 0 Å². The Hall–Kier alpha value is -3.21. The van der Waals surface area contributed by atoms with Crippen LogP contribution in [-0.4, -0.2) is 44.7 Å². The Morgan fingerprint density at radius 1 is 1.18 bits per heavy atom. The van der Waals surface area contributed by atoms with Gasteiger partial charge in [-0.05, 0) is 54.6 Å². The van der Waals surface area contributed by atoms with E-state index in [0.29, 0.717) is 21.8 Å². The zero-order chi connectivity index (χ0) is 23.9. The molecule has 4 rings (SSSR count). The Morgan fingerprint density at radius 3 is 2.68 bits per heavy atom. The summed E-state index contributed by atoms with van der Waals surface area (Å²) in [5, 5.41) is 13.9. The Kier molecular flexibility index (Phi) is 7.94. The Bertz CT molecular complexity index is 1320. The van der Waals surface area contributed by atoms with E-state index in [1.54, 1.807) is 31.6 Å². The molecule has 172 valence electrons. The normalized spacial score (nSPS) is 11.0. The van der Waals surface area contributed by atoms with E-state index in [9.17, 15) is 4.79 Å². The van der Waals surface area contributed by atoms with E-state index in [0.717, 1.165) is 21.3 Å². The number of halogens is 2. The number of amides is 1. The molecule has 0 saturated carbocycles. The maximum absolute atomic E-state index is 12.4. The lowest BCUT2D eigenvalue weighted by Gasteiger charge is -2.10. The number of methoxy groups -OCH3 is 1. The van der Waals surface area contributed by atoms with Crippen molar-refractivity contribution in [3.63, 3.8) is 0 Å². The van der Waals surface area contributed by atoms with E-state index in [2.05, 4.69) is 41.6 Å². The molecule has 34 heavy (non-hydrogen) atoms. The Labute approximate surface area is 213 Å². The van der Waals surface area contributed by atoms with Crippen LogP contribution in [0.5, 0.6) is 5.75 Å². The summed E-state index contributed by atoms with van der Waals surface area (Å²) in [7, 11) is 1.58. The number of benzene rings is 2. The smallest absolute Gasteiger partial charge is 0.250 e. The second-order valence-corrected chi connectivity index (χ2v) is 9.12. The molecule has 0 atom stereocenters. The third-order valence-corrected chi connectivity index (χ3v) is 6.25. The Morgan fingerprint density at radius 2 is 1.94 bits per heavy atom. The van der Waals surface area contributed by atoms with Crippen LogP contribution >= 0.6 is 39.3 Å². The van der Waals surface area contributed by atoms with E-state index in [1.165, 1.54) is 18.0 Å². The van der Waals surface area contributed by atoms with E-state index in [4.69, 9.17) is 16.3 Å². The standard InChI is InChI=1S/C23H18BrClN6O2S/c1-33-20-7-2-17(24)12-16(20)13-27-28-21(32)14-34-23-30-29-22(15-8-10-26-11-9-15)31(23)19-5-3-18(25)4-6-19/h2-13H,14H2,1H3,(H,28,32). The van der Waals surface area contributed by atoms with Crippen molar-refractivity contribution in [2.75, 3.05) is 12.9 Å². The van der Waals surface area contributed by atoms with Crippen molar-refractivity contribution in [1.29, 1.82) is 0 Å². The first-order chi connectivity index (χ1) is 16.5. The van der Waals surface area contributed by atoms with Crippen molar-refractivity contribution in [2.45, 2.75) is 5.16 Å². The van der Waals surface area contributed by atoms with Crippen LogP contribution in [-0.2, 0) is 4.79 Å². The molecular formula is C23H18BrClN6O2S. The molecule has 0 fully saturated rings. The van der Waals surface area contributed by atoms with Crippen molar-refractivity contribution in [3.05, 3.63) is 82.0 Å². The first kappa shape index (κ1) is 23.9. The number of nitrogens with zero attached hydrogens (tertiary/aromatic N) is 5. The van der Waals surface area contributed by atoms with Gasteiger partial charge in [-0.15, -0.1) is 10.2 Å². The summed E-state index contributed by atoms with van der Waals surface area (Å²) >= 11 is 10.7. The first-order valence-corrected chi connectivity index (χ1v) is 12.1. The molecular weight excluding hydrogens is 540 g/mol. The van der Waals surface area contributed by atoms with E-state index < -0.39 is 0 Å². The number of ether oxygens (including phenoxy) is 1. The van der Waals surface area contributed by atoms with Crippen LogP contribution in [0, 0.1) is 0 Å². The van der Waals surface area contributed by atoms with Crippen LogP contribution in [0.3, 0.4) is 0 Å². The van der Waals surface area contributed by atoms with Gasteiger partial charge < -0.3 is 4.74 Å². The molecule has 11 heteroatoms. The van der Waals surface area contributed by atoms with Gasteiger partial charge in [0.15, 0.2) is 11.0 Å². The average Bonchev–Trinajstić information content (AvgIpc) is 3.28. The molecule has 0 saturated heterocycles. The van der Waals surface area contributed by atoms with Gasteiger partial charge in [0, 0.05) is 38.7 Å². The first-order valence-electron chi connectivity index (χ1n) is 9.95.